The maximum absolute atomic E-state index is 12.9. The van der Waals surface area contributed by atoms with E-state index in [4.69, 9.17) is 9.88 Å². The number of carbonyl (C=O) groups is 2. The van der Waals surface area contributed by atoms with Gasteiger partial charge in [-0.2, -0.15) is 4.99 Å². The van der Waals surface area contributed by atoms with Crippen LogP contribution in [0.1, 0.15) is 27.9 Å². The maximum atomic E-state index is 12.9. The number of aryl methyl sites for hydroxylation is 3. The van der Waals surface area contributed by atoms with Gasteiger partial charge in [-0.3, -0.25) is 9.59 Å². The number of nitrogens with two attached hydrogens (primary N) is 1. The van der Waals surface area contributed by atoms with E-state index in [2.05, 4.69) is 4.99 Å². The summed E-state index contributed by atoms with van der Waals surface area (Å²) in [7, 11) is -2.58. The zero-order valence-electron chi connectivity index (χ0n) is 16.7. The fourth-order valence-corrected chi connectivity index (χ4v) is 4.66. The predicted octanol–water partition coefficient (Wildman–Crippen LogP) is 2.27. The number of methoxy groups -OCH3 is 1. The lowest BCUT2D eigenvalue weighted by atomic mass is 10.1. The molecular weight excluding hydrogens is 426 g/mol. The minimum atomic E-state index is -3.88. The van der Waals surface area contributed by atoms with E-state index in [9.17, 15) is 18.0 Å². The molecule has 0 bridgehead atoms. The number of amides is 1. The minimum absolute atomic E-state index is 0.0382. The Morgan fingerprint density at radius 3 is 2.57 bits per heavy atom. The molecule has 0 saturated heterocycles. The van der Waals surface area contributed by atoms with Crippen LogP contribution in [-0.2, 0) is 26.1 Å². The monoisotopic (exact) mass is 447 g/mol. The molecule has 0 fully saturated rings. The Morgan fingerprint density at radius 2 is 1.90 bits per heavy atom. The summed E-state index contributed by atoms with van der Waals surface area (Å²) in [5, 5.41) is 5.23. The number of hydrogen-bond donors (Lipinski definition) is 1. The Balaban J connectivity index is 2.17. The number of thiazole rings is 1. The molecule has 0 aliphatic rings. The Hall–Kier alpha value is -2.82. The molecule has 0 aliphatic heterocycles. The molecule has 0 spiro atoms. The zero-order valence-corrected chi connectivity index (χ0v) is 18.3. The Labute approximate surface area is 177 Å². The van der Waals surface area contributed by atoms with Gasteiger partial charge in [-0.1, -0.05) is 29.0 Å². The van der Waals surface area contributed by atoms with Gasteiger partial charge in [0, 0.05) is 12.1 Å². The number of primary sulfonamides is 1. The van der Waals surface area contributed by atoms with E-state index in [0.717, 1.165) is 22.5 Å². The van der Waals surface area contributed by atoms with Crippen LogP contribution in [0.3, 0.4) is 0 Å². The topological polar surface area (TPSA) is 121 Å². The summed E-state index contributed by atoms with van der Waals surface area (Å²) in [5.41, 5.74) is 2.86. The third kappa shape index (κ3) is 4.66. The molecule has 1 amide bonds. The lowest BCUT2D eigenvalue weighted by molar-refractivity contribution is -0.140. The highest BCUT2D eigenvalue weighted by Crippen LogP contribution is 2.22. The number of esters is 1. The highest BCUT2D eigenvalue weighted by Gasteiger charge is 2.15. The van der Waals surface area contributed by atoms with Gasteiger partial charge >= 0.3 is 5.97 Å². The molecular formula is C20H21N3O5S2. The summed E-state index contributed by atoms with van der Waals surface area (Å²) in [6, 6.07) is 9.95. The second-order valence-electron chi connectivity index (χ2n) is 6.77. The zero-order chi connectivity index (χ0) is 22.1. The molecule has 1 aromatic heterocycles. The van der Waals surface area contributed by atoms with Crippen molar-refractivity contribution in [2.24, 2.45) is 10.1 Å². The Kier molecular flexibility index (Phi) is 6.20. The van der Waals surface area contributed by atoms with Crippen molar-refractivity contribution in [3.63, 3.8) is 0 Å². The molecule has 1 heterocycles. The van der Waals surface area contributed by atoms with Gasteiger partial charge in [-0.25, -0.2) is 13.6 Å². The summed E-state index contributed by atoms with van der Waals surface area (Å²) >= 11 is 1.15. The van der Waals surface area contributed by atoms with Crippen molar-refractivity contribution in [2.45, 2.75) is 31.7 Å². The largest absolute Gasteiger partial charge is 0.469 e. The highest BCUT2D eigenvalue weighted by atomic mass is 32.2. The van der Waals surface area contributed by atoms with Crippen molar-refractivity contribution in [1.82, 2.24) is 4.57 Å². The Bertz CT molecular complexity index is 1320. The number of hydrogen-bond acceptors (Lipinski definition) is 6. The number of aromatic nitrogens is 1. The van der Waals surface area contributed by atoms with E-state index >= 15 is 0 Å². The van der Waals surface area contributed by atoms with Gasteiger partial charge in [-0.05, 0) is 43.7 Å². The second-order valence-corrected chi connectivity index (χ2v) is 9.34. The molecule has 0 radical (unpaired) electrons. The SMILES string of the molecule is COC(=O)CCn1c(=NC(=O)c2cc(C)ccc2C)sc2cc(S(N)(=O)=O)ccc21. The summed E-state index contributed by atoms with van der Waals surface area (Å²) in [6.45, 7) is 3.94. The average Bonchev–Trinajstić information content (AvgIpc) is 3.03. The molecule has 3 rings (SSSR count). The van der Waals surface area contributed by atoms with Crippen LogP contribution in [0.2, 0.25) is 0 Å². The smallest absolute Gasteiger partial charge is 0.307 e. The number of nitrogens with zero attached hydrogens (tertiary/aromatic N) is 2. The molecule has 0 atom stereocenters. The number of benzene rings is 2. The van der Waals surface area contributed by atoms with E-state index in [1.165, 1.54) is 19.2 Å². The molecule has 158 valence electrons. The number of fused-ring (bicyclic) bond motifs is 1. The first kappa shape index (κ1) is 21.9. The van der Waals surface area contributed by atoms with Crippen LogP contribution in [0.4, 0.5) is 0 Å². The molecule has 0 unspecified atom stereocenters. The van der Waals surface area contributed by atoms with E-state index < -0.39 is 21.9 Å². The van der Waals surface area contributed by atoms with Crippen molar-refractivity contribution in [1.29, 1.82) is 0 Å². The summed E-state index contributed by atoms with van der Waals surface area (Å²) in [6.07, 6.45) is 0.0735. The van der Waals surface area contributed by atoms with Crippen LogP contribution >= 0.6 is 11.3 Å². The third-order valence-electron chi connectivity index (χ3n) is 4.57. The molecule has 10 heteroatoms. The summed E-state index contributed by atoms with van der Waals surface area (Å²) in [5.74, 6) is -0.823. The lowest BCUT2D eigenvalue weighted by Crippen LogP contribution is -2.19. The van der Waals surface area contributed by atoms with Gasteiger partial charge in [0.25, 0.3) is 5.91 Å². The summed E-state index contributed by atoms with van der Waals surface area (Å²) < 4.78 is 30.4. The first-order valence-corrected chi connectivity index (χ1v) is 11.4. The molecule has 30 heavy (non-hydrogen) atoms. The predicted molar refractivity (Wildman–Crippen MR) is 114 cm³/mol. The fourth-order valence-electron chi connectivity index (χ4n) is 2.95. The quantitative estimate of drug-likeness (QED) is 0.602. The number of sulfonamides is 1. The van der Waals surface area contributed by atoms with Crippen LogP contribution in [0.25, 0.3) is 10.2 Å². The van der Waals surface area contributed by atoms with E-state index in [1.54, 1.807) is 16.7 Å². The fraction of sp³-hybridized carbons (Fsp3) is 0.250. The van der Waals surface area contributed by atoms with Crippen LogP contribution in [0.15, 0.2) is 46.3 Å². The van der Waals surface area contributed by atoms with Crippen LogP contribution in [0.5, 0.6) is 0 Å². The maximum Gasteiger partial charge on any atom is 0.307 e. The normalized spacial score (nSPS) is 12.3. The first-order chi connectivity index (χ1) is 14.1. The lowest BCUT2D eigenvalue weighted by Gasteiger charge is -2.06. The second kappa shape index (κ2) is 8.50. The molecule has 2 aromatic carbocycles. The van der Waals surface area contributed by atoms with Crippen LogP contribution in [-0.4, -0.2) is 32.0 Å². The van der Waals surface area contributed by atoms with Crippen LogP contribution in [0, 0.1) is 13.8 Å². The molecule has 2 N–H and O–H groups in total. The molecule has 8 nitrogen and oxygen atoms in total. The van der Waals surface area contributed by atoms with Crippen molar-refractivity contribution in [2.75, 3.05) is 7.11 Å². The van der Waals surface area contributed by atoms with E-state index in [-0.39, 0.29) is 17.9 Å². The molecule has 0 aliphatic carbocycles. The van der Waals surface area contributed by atoms with Gasteiger partial charge in [-0.15, -0.1) is 0 Å². The Morgan fingerprint density at radius 1 is 1.17 bits per heavy atom. The number of carbonyl (C=O) groups excluding carboxylic acids is 2. The standard InChI is InChI=1S/C20H21N3O5S2/c1-12-4-5-13(2)15(10-12)19(25)22-20-23(9-8-18(24)28-3)16-7-6-14(30(21,26)27)11-17(16)29-20/h4-7,10-11H,8-9H2,1-3H3,(H2,21,26,27). The van der Waals surface area contributed by atoms with E-state index in [0.29, 0.717) is 20.6 Å². The van der Waals surface area contributed by atoms with Gasteiger partial charge in [0.15, 0.2) is 4.80 Å². The van der Waals surface area contributed by atoms with Crippen molar-refractivity contribution in [3.8, 4) is 0 Å². The van der Waals surface area contributed by atoms with Crippen molar-refractivity contribution in [3.05, 3.63) is 57.9 Å². The van der Waals surface area contributed by atoms with Crippen molar-refractivity contribution >= 4 is 43.5 Å². The van der Waals surface area contributed by atoms with Gasteiger partial charge in [0.05, 0.1) is 28.6 Å². The van der Waals surface area contributed by atoms with E-state index in [1.807, 2.05) is 26.0 Å². The number of ether oxygens (including phenoxy) is 1. The average molecular weight is 448 g/mol. The van der Waals surface area contributed by atoms with Crippen LogP contribution < -0.4 is 9.94 Å². The first-order valence-electron chi connectivity index (χ1n) is 8.99. The third-order valence-corrected chi connectivity index (χ3v) is 6.52. The molecule has 3 aromatic rings. The van der Waals surface area contributed by atoms with Crippen molar-refractivity contribution < 1.29 is 22.7 Å². The number of rotatable bonds is 5. The summed E-state index contributed by atoms with van der Waals surface area (Å²) in [4.78, 5) is 29.1. The molecule has 0 saturated carbocycles. The highest BCUT2D eigenvalue weighted by molar-refractivity contribution is 7.89. The van der Waals surface area contributed by atoms with Gasteiger partial charge in [0.1, 0.15) is 0 Å². The van der Waals surface area contributed by atoms with Gasteiger partial charge in [0.2, 0.25) is 10.0 Å². The van der Waals surface area contributed by atoms with Gasteiger partial charge < -0.3 is 9.30 Å². The minimum Gasteiger partial charge on any atom is -0.469 e.